The Morgan fingerprint density at radius 2 is 1.58 bits per heavy atom. The molecule has 0 saturated heterocycles. The number of aliphatic imine (C=N–C) groups is 1. The van der Waals surface area contributed by atoms with Crippen LogP contribution in [0.4, 0.5) is 0 Å². The summed E-state index contributed by atoms with van der Waals surface area (Å²) in [6.07, 6.45) is 0. The summed E-state index contributed by atoms with van der Waals surface area (Å²) in [5.74, 6) is 0. The Bertz CT molecular complexity index is 1560. The van der Waals surface area contributed by atoms with Crippen molar-refractivity contribution < 1.29 is 0 Å². The van der Waals surface area contributed by atoms with Crippen molar-refractivity contribution in [2.75, 3.05) is 0 Å². The average molecular weight is 418 g/mol. The van der Waals surface area contributed by atoms with Crippen LogP contribution in [0.15, 0.2) is 96.0 Å². The second kappa shape index (κ2) is 7.18. The summed E-state index contributed by atoms with van der Waals surface area (Å²) in [5.41, 5.74) is 6.83. The fourth-order valence-electron chi connectivity index (χ4n) is 4.29. The summed E-state index contributed by atoms with van der Waals surface area (Å²) < 4.78 is 3.54. The van der Waals surface area contributed by atoms with Gasteiger partial charge < -0.3 is 4.57 Å². The predicted octanol–water partition coefficient (Wildman–Crippen LogP) is 7.26. The molecule has 0 amide bonds. The molecule has 31 heavy (non-hydrogen) atoms. The maximum Gasteiger partial charge on any atom is 0.124 e. The smallest absolute Gasteiger partial charge is 0.124 e. The van der Waals surface area contributed by atoms with Crippen LogP contribution in [-0.2, 0) is 6.54 Å². The van der Waals surface area contributed by atoms with Crippen LogP contribution in [0.1, 0.15) is 5.56 Å². The van der Waals surface area contributed by atoms with Crippen molar-refractivity contribution in [3.05, 3.63) is 96.6 Å². The van der Waals surface area contributed by atoms with Gasteiger partial charge in [-0.2, -0.15) is 0 Å². The van der Waals surface area contributed by atoms with Crippen molar-refractivity contribution >= 4 is 50.1 Å². The second-order valence-corrected chi connectivity index (χ2v) is 8.62. The third kappa shape index (κ3) is 2.87. The van der Waals surface area contributed by atoms with Gasteiger partial charge in [0.05, 0.1) is 22.3 Å². The third-order valence-electron chi connectivity index (χ3n) is 5.70. The molecule has 0 fully saturated rings. The number of rotatable bonds is 4. The fourth-order valence-corrected chi connectivity index (χ4v) is 5.27. The van der Waals surface area contributed by atoms with Gasteiger partial charge in [-0.3, -0.25) is 4.99 Å². The molecule has 0 saturated carbocycles. The first-order valence-electron chi connectivity index (χ1n) is 10.2. The lowest BCUT2D eigenvalue weighted by Crippen LogP contribution is -1.95. The van der Waals surface area contributed by atoms with Gasteiger partial charge in [0.2, 0.25) is 0 Å². The fraction of sp³-hybridized carbons (Fsp3) is 0.0370. The molecule has 0 aliphatic carbocycles. The Balaban J connectivity index is 1.68. The van der Waals surface area contributed by atoms with Gasteiger partial charge in [-0.1, -0.05) is 66.7 Å². The monoisotopic (exact) mass is 417 g/mol. The predicted molar refractivity (Wildman–Crippen MR) is 133 cm³/mol. The van der Waals surface area contributed by atoms with Crippen molar-refractivity contribution in [2.45, 2.75) is 6.54 Å². The Labute approximate surface area is 183 Å². The normalized spacial score (nSPS) is 11.5. The van der Waals surface area contributed by atoms with Gasteiger partial charge >= 0.3 is 0 Å². The van der Waals surface area contributed by atoms with E-state index in [-0.39, 0.29) is 0 Å². The quantitative estimate of drug-likeness (QED) is 0.278. The van der Waals surface area contributed by atoms with E-state index in [0.717, 1.165) is 32.9 Å². The third-order valence-corrected chi connectivity index (χ3v) is 6.77. The van der Waals surface area contributed by atoms with Crippen LogP contribution >= 0.6 is 11.3 Å². The standard InChI is InChI=1S/C27H19N3S/c1-28-17-18-11-13-20(14-12-18)30-23-10-6-5-9-21(23)22-15-16-24-25(26(22)30)29-27(31-24)19-7-3-2-4-8-19/h2-16H,1,17H2. The van der Waals surface area contributed by atoms with Crippen LogP contribution in [-0.4, -0.2) is 16.3 Å². The van der Waals surface area contributed by atoms with E-state index in [4.69, 9.17) is 4.98 Å². The lowest BCUT2D eigenvalue weighted by molar-refractivity contribution is 1.07. The molecule has 2 heterocycles. The zero-order chi connectivity index (χ0) is 20.8. The molecule has 0 radical (unpaired) electrons. The highest BCUT2D eigenvalue weighted by Crippen LogP contribution is 2.39. The summed E-state index contributed by atoms with van der Waals surface area (Å²) in [7, 11) is 0. The average Bonchev–Trinajstić information content (AvgIpc) is 3.40. The number of para-hydroxylation sites is 1. The van der Waals surface area contributed by atoms with E-state index in [9.17, 15) is 0 Å². The maximum atomic E-state index is 5.11. The van der Waals surface area contributed by atoms with E-state index in [1.54, 1.807) is 11.3 Å². The molecule has 6 rings (SSSR count). The van der Waals surface area contributed by atoms with Crippen molar-refractivity contribution in [3.63, 3.8) is 0 Å². The topological polar surface area (TPSA) is 30.2 Å². The summed E-state index contributed by atoms with van der Waals surface area (Å²) in [4.78, 5) is 9.12. The van der Waals surface area contributed by atoms with Gasteiger partial charge in [0.25, 0.3) is 0 Å². The Hall–Kier alpha value is -3.76. The first-order valence-corrected chi connectivity index (χ1v) is 11.0. The molecular weight excluding hydrogens is 398 g/mol. The number of benzene rings is 4. The summed E-state index contributed by atoms with van der Waals surface area (Å²) in [5, 5.41) is 3.52. The molecule has 0 aliphatic rings. The van der Waals surface area contributed by atoms with Gasteiger partial charge in [-0.25, -0.2) is 4.98 Å². The van der Waals surface area contributed by atoms with E-state index >= 15 is 0 Å². The van der Waals surface area contributed by atoms with E-state index in [1.807, 2.05) is 6.07 Å². The zero-order valence-corrected chi connectivity index (χ0v) is 17.6. The van der Waals surface area contributed by atoms with Gasteiger partial charge in [-0.05, 0) is 36.5 Å². The van der Waals surface area contributed by atoms with E-state index in [2.05, 4.69) is 101 Å². The van der Waals surface area contributed by atoms with Crippen LogP contribution in [0.25, 0.3) is 48.3 Å². The molecular formula is C27H19N3S. The van der Waals surface area contributed by atoms with Crippen molar-refractivity contribution in [1.82, 2.24) is 9.55 Å². The Morgan fingerprint density at radius 3 is 2.39 bits per heavy atom. The Morgan fingerprint density at radius 1 is 0.806 bits per heavy atom. The van der Waals surface area contributed by atoms with Crippen LogP contribution in [0, 0.1) is 0 Å². The zero-order valence-electron chi connectivity index (χ0n) is 16.8. The number of hydrogen-bond acceptors (Lipinski definition) is 3. The highest BCUT2D eigenvalue weighted by atomic mass is 32.1. The van der Waals surface area contributed by atoms with Gasteiger partial charge in [0.15, 0.2) is 0 Å². The molecule has 0 spiro atoms. The highest BCUT2D eigenvalue weighted by Gasteiger charge is 2.17. The van der Waals surface area contributed by atoms with Crippen molar-refractivity contribution in [2.24, 2.45) is 4.99 Å². The number of fused-ring (bicyclic) bond motifs is 5. The van der Waals surface area contributed by atoms with Crippen LogP contribution < -0.4 is 0 Å². The van der Waals surface area contributed by atoms with Gasteiger partial charge in [0, 0.05) is 22.0 Å². The van der Waals surface area contributed by atoms with Crippen molar-refractivity contribution in [1.29, 1.82) is 0 Å². The van der Waals surface area contributed by atoms with E-state index < -0.39 is 0 Å². The number of aromatic nitrogens is 2. The van der Waals surface area contributed by atoms with Crippen molar-refractivity contribution in [3.8, 4) is 16.3 Å². The summed E-state index contributed by atoms with van der Waals surface area (Å²) in [6.45, 7) is 4.24. The minimum atomic E-state index is 0.629. The minimum Gasteiger partial charge on any atom is -0.307 e. The molecule has 0 aliphatic heterocycles. The highest BCUT2D eigenvalue weighted by molar-refractivity contribution is 7.21. The van der Waals surface area contributed by atoms with Gasteiger partial charge in [0.1, 0.15) is 10.5 Å². The first kappa shape index (κ1) is 18.0. The molecule has 0 unspecified atom stereocenters. The molecule has 148 valence electrons. The molecule has 0 bridgehead atoms. The van der Waals surface area contributed by atoms with Crippen LogP contribution in [0.2, 0.25) is 0 Å². The summed E-state index contributed by atoms with van der Waals surface area (Å²) in [6, 6.07) is 32.0. The molecule has 4 heteroatoms. The van der Waals surface area contributed by atoms with Crippen LogP contribution in [0.5, 0.6) is 0 Å². The van der Waals surface area contributed by atoms with E-state index in [1.165, 1.54) is 21.0 Å². The Kier molecular flexibility index (Phi) is 4.18. The molecule has 2 aromatic heterocycles. The number of hydrogen-bond donors (Lipinski definition) is 0. The molecule has 6 aromatic rings. The SMILES string of the molecule is C=NCc1ccc(-n2c3ccccc3c3ccc4sc(-c5ccccc5)nc4c32)cc1. The maximum absolute atomic E-state index is 5.11. The minimum absolute atomic E-state index is 0.629. The number of thiazole rings is 1. The van der Waals surface area contributed by atoms with E-state index in [0.29, 0.717) is 6.54 Å². The molecule has 0 N–H and O–H groups in total. The molecule has 3 nitrogen and oxygen atoms in total. The molecule has 0 atom stereocenters. The first-order chi connectivity index (χ1) is 15.3. The van der Waals surface area contributed by atoms with Crippen LogP contribution in [0.3, 0.4) is 0 Å². The molecule has 4 aromatic carbocycles. The lowest BCUT2D eigenvalue weighted by atomic mass is 10.1. The second-order valence-electron chi connectivity index (χ2n) is 7.59. The lowest BCUT2D eigenvalue weighted by Gasteiger charge is -2.09. The number of nitrogens with zero attached hydrogens (tertiary/aromatic N) is 3. The van der Waals surface area contributed by atoms with Gasteiger partial charge in [-0.15, -0.1) is 11.3 Å². The largest absolute Gasteiger partial charge is 0.307 e. The summed E-state index contributed by atoms with van der Waals surface area (Å²) >= 11 is 1.74.